The number of hydrogen-bond donors (Lipinski definition) is 1. The van der Waals surface area contributed by atoms with E-state index in [2.05, 4.69) is 19.2 Å². The minimum absolute atomic E-state index is 0.319. The number of nitrogens with one attached hydrogen (secondary N) is 1. The lowest BCUT2D eigenvalue weighted by Gasteiger charge is -2.15. The Labute approximate surface area is 159 Å². The van der Waals surface area contributed by atoms with Crippen molar-refractivity contribution in [1.82, 2.24) is 0 Å². The zero-order valence-electron chi connectivity index (χ0n) is 15.6. The van der Waals surface area contributed by atoms with Crippen molar-refractivity contribution in [3.8, 4) is 0 Å². The van der Waals surface area contributed by atoms with Crippen molar-refractivity contribution < 1.29 is 14.3 Å². The van der Waals surface area contributed by atoms with Crippen LogP contribution in [0, 0.1) is 0 Å². The number of rotatable bonds is 6. The second-order valence-corrected chi connectivity index (χ2v) is 6.58. The van der Waals surface area contributed by atoms with E-state index in [-0.39, 0.29) is 12.5 Å². The number of amides is 1. The molecule has 1 amide bonds. The SMILES string of the molecule is CC[C@@H](C)c1ccccc1NC(=O)COC(=O)c1ccc2ccccc2c1. The van der Waals surface area contributed by atoms with E-state index >= 15 is 0 Å². The molecule has 0 spiro atoms. The maximum Gasteiger partial charge on any atom is 0.338 e. The maximum atomic E-state index is 12.3. The van der Waals surface area contributed by atoms with E-state index in [1.54, 1.807) is 12.1 Å². The molecule has 0 fully saturated rings. The molecule has 138 valence electrons. The van der Waals surface area contributed by atoms with Gasteiger partial charge < -0.3 is 10.1 Å². The van der Waals surface area contributed by atoms with Crippen LogP contribution in [0.15, 0.2) is 66.7 Å². The van der Waals surface area contributed by atoms with Gasteiger partial charge in [0.15, 0.2) is 6.61 Å². The summed E-state index contributed by atoms with van der Waals surface area (Å²) in [6, 6.07) is 20.8. The third-order valence-corrected chi connectivity index (χ3v) is 4.70. The van der Waals surface area contributed by atoms with Crippen molar-refractivity contribution in [2.24, 2.45) is 0 Å². The van der Waals surface area contributed by atoms with Crippen LogP contribution in [0.4, 0.5) is 5.69 Å². The molecule has 1 N–H and O–H groups in total. The standard InChI is InChI=1S/C23H23NO3/c1-3-16(2)20-10-6-7-11-21(20)24-22(25)15-27-23(26)19-13-12-17-8-4-5-9-18(17)14-19/h4-14,16H,3,15H2,1-2H3,(H,24,25)/t16-/m1/s1. The number of para-hydroxylation sites is 1. The van der Waals surface area contributed by atoms with Gasteiger partial charge in [0, 0.05) is 5.69 Å². The summed E-state index contributed by atoms with van der Waals surface area (Å²) in [6.07, 6.45) is 0.976. The van der Waals surface area contributed by atoms with Crippen LogP contribution in [-0.2, 0) is 9.53 Å². The Kier molecular flexibility index (Phi) is 5.87. The van der Waals surface area contributed by atoms with Gasteiger partial charge in [0.25, 0.3) is 5.91 Å². The molecule has 0 aliphatic rings. The molecule has 0 heterocycles. The molecule has 0 saturated heterocycles. The van der Waals surface area contributed by atoms with Gasteiger partial charge in [-0.2, -0.15) is 0 Å². The van der Waals surface area contributed by atoms with E-state index in [0.717, 1.165) is 28.4 Å². The lowest BCUT2D eigenvalue weighted by molar-refractivity contribution is -0.119. The fourth-order valence-corrected chi connectivity index (χ4v) is 2.98. The van der Waals surface area contributed by atoms with Crippen LogP contribution in [0.5, 0.6) is 0 Å². The van der Waals surface area contributed by atoms with Gasteiger partial charge in [-0.05, 0) is 46.9 Å². The summed E-state index contributed by atoms with van der Waals surface area (Å²) in [7, 11) is 0. The smallest absolute Gasteiger partial charge is 0.338 e. The largest absolute Gasteiger partial charge is 0.452 e. The summed E-state index contributed by atoms with van der Waals surface area (Å²) < 4.78 is 5.19. The molecule has 4 nitrogen and oxygen atoms in total. The Balaban J connectivity index is 1.62. The number of carbonyl (C=O) groups excluding carboxylic acids is 2. The van der Waals surface area contributed by atoms with E-state index in [9.17, 15) is 9.59 Å². The first-order chi connectivity index (χ1) is 13.1. The molecule has 0 aromatic heterocycles. The van der Waals surface area contributed by atoms with Gasteiger partial charge in [0.2, 0.25) is 0 Å². The average molecular weight is 361 g/mol. The summed E-state index contributed by atoms with van der Waals surface area (Å²) in [5.74, 6) is -0.521. The molecule has 0 radical (unpaired) electrons. The number of esters is 1. The Hall–Kier alpha value is -3.14. The van der Waals surface area contributed by atoms with Crippen LogP contribution in [0.25, 0.3) is 10.8 Å². The molecule has 1 atom stereocenters. The Morgan fingerprint density at radius 2 is 1.67 bits per heavy atom. The van der Waals surface area contributed by atoms with Crippen LogP contribution in [0.3, 0.4) is 0 Å². The molecule has 4 heteroatoms. The monoisotopic (exact) mass is 361 g/mol. The van der Waals surface area contributed by atoms with E-state index < -0.39 is 5.97 Å². The van der Waals surface area contributed by atoms with Gasteiger partial charge in [-0.25, -0.2) is 4.79 Å². The molecule has 0 bridgehead atoms. The molecule has 3 rings (SSSR count). The van der Waals surface area contributed by atoms with Crippen molar-refractivity contribution in [3.63, 3.8) is 0 Å². The number of fused-ring (bicyclic) bond motifs is 1. The summed E-state index contributed by atoms with van der Waals surface area (Å²) >= 11 is 0. The zero-order valence-corrected chi connectivity index (χ0v) is 15.6. The van der Waals surface area contributed by atoms with Crippen molar-refractivity contribution in [1.29, 1.82) is 0 Å². The molecule has 0 unspecified atom stereocenters. The van der Waals surface area contributed by atoms with Gasteiger partial charge in [-0.15, -0.1) is 0 Å². The first-order valence-corrected chi connectivity index (χ1v) is 9.13. The highest BCUT2D eigenvalue weighted by Gasteiger charge is 2.14. The van der Waals surface area contributed by atoms with E-state index in [0.29, 0.717) is 11.5 Å². The van der Waals surface area contributed by atoms with Crippen molar-refractivity contribution >= 4 is 28.3 Å². The van der Waals surface area contributed by atoms with Crippen molar-refractivity contribution in [2.45, 2.75) is 26.2 Å². The number of carbonyl (C=O) groups is 2. The van der Waals surface area contributed by atoms with Gasteiger partial charge in [0.1, 0.15) is 0 Å². The first-order valence-electron chi connectivity index (χ1n) is 9.13. The quantitative estimate of drug-likeness (QED) is 0.618. The molecule has 0 saturated carbocycles. The molecule has 3 aromatic carbocycles. The number of ether oxygens (including phenoxy) is 1. The van der Waals surface area contributed by atoms with Crippen LogP contribution in [0.1, 0.15) is 42.1 Å². The Morgan fingerprint density at radius 3 is 2.44 bits per heavy atom. The first kappa shape index (κ1) is 18.6. The van der Waals surface area contributed by atoms with Crippen LogP contribution in [-0.4, -0.2) is 18.5 Å². The predicted octanol–water partition coefficient (Wildman–Crippen LogP) is 5.15. The second kappa shape index (κ2) is 8.49. The Bertz CT molecular complexity index is 965. The summed E-state index contributed by atoms with van der Waals surface area (Å²) in [6.45, 7) is 3.90. The molecule has 0 aliphatic carbocycles. The summed E-state index contributed by atoms with van der Waals surface area (Å²) in [5, 5.41) is 4.85. The zero-order chi connectivity index (χ0) is 19.2. The lowest BCUT2D eigenvalue weighted by atomic mass is 9.97. The van der Waals surface area contributed by atoms with Crippen LogP contribution < -0.4 is 5.32 Å². The average Bonchev–Trinajstić information content (AvgIpc) is 2.71. The fraction of sp³-hybridized carbons (Fsp3) is 0.217. The van der Waals surface area contributed by atoms with Gasteiger partial charge in [-0.1, -0.05) is 62.4 Å². The third-order valence-electron chi connectivity index (χ3n) is 4.70. The number of hydrogen-bond acceptors (Lipinski definition) is 3. The summed E-state index contributed by atoms with van der Waals surface area (Å²) in [5.41, 5.74) is 2.27. The minimum atomic E-state index is -0.508. The highest BCUT2D eigenvalue weighted by Crippen LogP contribution is 2.26. The molecule has 27 heavy (non-hydrogen) atoms. The maximum absolute atomic E-state index is 12.3. The Morgan fingerprint density at radius 1 is 0.963 bits per heavy atom. The predicted molar refractivity (Wildman–Crippen MR) is 108 cm³/mol. The van der Waals surface area contributed by atoms with E-state index in [1.165, 1.54) is 0 Å². The number of anilines is 1. The summed E-state index contributed by atoms with van der Waals surface area (Å²) in [4.78, 5) is 24.5. The highest BCUT2D eigenvalue weighted by atomic mass is 16.5. The number of benzene rings is 3. The molecular formula is C23H23NO3. The van der Waals surface area contributed by atoms with Crippen LogP contribution in [0.2, 0.25) is 0 Å². The van der Waals surface area contributed by atoms with Crippen molar-refractivity contribution in [3.05, 3.63) is 77.9 Å². The van der Waals surface area contributed by atoms with Gasteiger partial charge in [0.05, 0.1) is 5.56 Å². The van der Waals surface area contributed by atoms with E-state index in [4.69, 9.17) is 4.74 Å². The lowest BCUT2D eigenvalue weighted by Crippen LogP contribution is -2.21. The molecule has 3 aromatic rings. The fourth-order valence-electron chi connectivity index (χ4n) is 2.98. The minimum Gasteiger partial charge on any atom is -0.452 e. The molecular weight excluding hydrogens is 338 g/mol. The van der Waals surface area contributed by atoms with Gasteiger partial charge >= 0.3 is 5.97 Å². The molecule has 0 aliphatic heterocycles. The van der Waals surface area contributed by atoms with Crippen molar-refractivity contribution in [2.75, 3.05) is 11.9 Å². The third kappa shape index (κ3) is 4.53. The highest BCUT2D eigenvalue weighted by molar-refractivity contribution is 5.98. The van der Waals surface area contributed by atoms with Gasteiger partial charge in [-0.3, -0.25) is 4.79 Å². The van der Waals surface area contributed by atoms with Crippen LogP contribution >= 0.6 is 0 Å². The second-order valence-electron chi connectivity index (χ2n) is 6.58. The topological polar surface area (TPSA) is 55.4 Å². The van der Waals surface area contributed by atoms with E-state index in [1.807, 2.05) is 54.6 Å². The normalized spacial score (nSPS) is 11.8.